The van der Waals surface area contributed by atoms with E-state index in [9.17, 15) is 9.59 Å². The number of carbonyl (C=O) groups is 2. The van der Waals surface area contributed by atoms with E-state index < -0.39 is 0 Å². The van der Waals surface area contributed by atoms with Crippen molar-refractivity contribution >= 4 is 28.9 Å². The number of nitrogens with zero attached hydrogens (tertiary/aromatic N) is 5. The third-order valence-electron chi connectivity index (χ3n) is 5.70. The fraction of sp³-hybridized carbons (Fsp3) is 0.500. The molecule has 8 nitrogen and oxygen atoms in total. The van der Waals surface area contributed by atoms with E-state index in [4.69, 9.17) is 0 Å². The van der Waals surface area contributed by atoms with E-state index in [1.807, 2.05) is 31.2 Å². The number of nitrogens with one attached hydrogen (secondary N) is 1. The van der Waals surface area contributed by atoms with Crippen LogP contribution in [-0.2, 0) is 11.8 Å². The molecule has 0 unspecified atom stereocenters. The summed E-state index contributed by atoms with van der Waals surface area (Å²) < 4.78 is 1.55. The summed E-state index contributed by atoms with van der Waals surface area (Å²) in [5, 5.41) is 7.34. The quantitative estimate of drug-likeness (QED) is 0.722. The highest BCUT2D eigenvalue weighted by Gasteiger charge is 2.34. The van der Waals surface area contributed by atoms with Gasteiger partial charge in [0.15, 0.2) is 5.69 Å². The Morgan fingerprint density at radius 2 is 1.70 bits per heavy atom. The summed E-state index contributed by atoms with van der Waals surface area (Å²) >= 11 is 0. The van der Waals surface area contributed by atoms with Gasteiger partial charge in [-0.3, -0.25) is 24.1 Å². The summed E-state index contributed by atoms with van der Waals surface area (Å²) in [4.78, 5) is 32.6. The lowest BCUT2D eigenvalue weighted by molar-refractivity contribution is -0.119. The summed E-state index contributed by atoms with van der Waals surface area (Å²) in [6.07, 6.45) is 0. The smallest absolute Gasteiger partial charge is 0.276 e. The van der Waals surface area contributed by atoms with Crippen molar-refractivity contribution in [3.63, 3.8) is 0 Å². The number of hydrogen-bond donors (Lipinski definition) is 1. The maximum atomic E-state index is 13.6. The van der Waals surface area contributed by atoms with Gasteiger partial charge in [-0.2, -0.15) is 5.10 Å². The van der Waals surface area contributed by atoms with Crippen molar-refractivity contribution in [2.45, 2.75) is 27.7 Å². The molecule has 2 heterocycles. The highest BCUT2D eigenvalue weighted by Crippen LogP contribution is 2.39. The molecule has 30 heavy (non-hydrogen) atoms. The van der Waals surface area contributed by atoms with E-state index in [0.29, 0.717) is 28.5 Å². The number of carbonyl (C=O) groups excluding carboxylic acids is 2. The first-order chi connectivity index (χ1) is 14.4. The van der Waals surface area contributed by atoms with Gasteiger partial charge >= 0.3 is 0 Å². The summed E-state index contributed by atoms with van der Waals surface area (Å²) in [6, 6.07) is 7.41. The van der Waals surface area contributed by atoms with Crippen molar-refractivity contribution in [3.8, 4) is 0 Å². The van der Waals surface area contributed by atoms with Crippen LogP contribution < -0.4 is 10.2 Å². The number of aromatic nitrogens is 2. The van der Waals surface area contributed by atoms with Crippen LogP contribution in [0, 0.1) is 6.92 Å². The first-order valence-electron chi connectivity index (χ1n) is 10.6. The maximum absolute atomic E-state index is 13.6. The van der Waals surface area contributed by atoms with Gasteiger partial charge in [0, 0.05) is 20.1 Å². The highest BCUT2D eigenvalue weighted by atomic mass is 16.2. The minimum absolute atomic E-state index is 0.0716. The highest BCUT2D eigenvalue weighted by molar-refractivity contribution is 6.17. The molecule has 3 rings (SSSR count). The van der Waals surface area contributed by atoms with Gasteiger partial charge in [0.05, 0.1) is 23.6 Å². The number of amides is 2. The van der Waals surface area contributed by atoms with E-state index >= 15 is 0 Å². The second kappa shape index (κ2) is 9.40. The standard InChI is InChI=1S/C22H32N6O2/c1-6-26(7-2)13-14-27(8-3)15-19(29)28-18-12-10-9-11-17(18)23-22(30)21-20(28)16(4)24-25(21)5/h9-12H,6-8,13-15H2,1-5H3,(H,23,30). The van der Waals surface area contributed by atoms with Crippen LogP contribution in [0.1, 0.15) is 37.0 Å². The molecule has 8 heteroatoms. The molecular weight excluding hydrogens is 380 g/mol. The number of anilines is 3. The van der Waals surface area contributed by atoms with Crippen molar-refractivity contribution in [2.75, 3.05) is 49.5 Å². The van der Waals surface area contributed by atoms with Crippen LogP contribution in [-0.4, -0.2) is 70.7 Å². The van der Waals surface area contributed by atoms with E-state index in [1.54, 1.807) is 16.6 Å². The molecule has 0 atom stereocenters. The van der Waals surface area contributed by atoms with Crippen LogP contribution in [0.15, 0.2) is 24.3 Å². The second-order valence-electron chi connectivity index (χ2n) is 7.50. The normalized spacial score (nSPS) is 13.3. The topological polar surface area (TPSA) is 73.7 Å². The molecule has 1 aromatic carbocycles. The third-order valence-corrected chi connectivity index (χ3v) is 5.70. The van der Waals surface area contributed by atoms with Gasteiger partial charge in [-0.15, -0.1) is 0 Å². The summed E-state index contributed by atoms with van der Waals surface area (Å²) in [5.41, 5.74) is 2.90. The fourth-order valence-corrected chi connectivity index (χ4v) is 3.94. The molecule has 162 valence electrons. The second-order valence-corrected chi connectivity index (χ2v) is 7.50. The van der Waals surface area contributed by atoms with Crippen molar-refractivity contribution in [2.24, 2.45) is 7.05 Å². The van der Waals surface area contributed by atoms with E-state index in [0.717, 1.165) is 32.7 Å². The van der Waals surface area contributed by atoms with Crippen LogP contribution in [0.3, 0.4) is 0 Å². The monoisotopic (exact) mass is 412 g/mol. The van der Waals surface area contributed by atoms with Crippen LogP contribution in [0.25, 0.3) is 0 Å². The number of rotatable bonds is 8. The molecule has 0 aliphatic carbocycles. The zero-order valence-electron chi connectivity index (χ0n) is 18.6. The van der Waals surface area contributed by atoms with E-state index in [2.05, 4.69) is 41.0 Å². The van der Waals surface area contributed by atoms with Crippen molar-refractivity contribution in [1.82, 2.24) is 19.6 Å². The van der Waals surface area contributed by atoms with Gasteiger partial charge in [-0.1, -0.05) is 32.9 Å². The van der Waals surface area contributed by atoms with Gasteiger partial charge in [-0.05, 0) is 38.7 Å². The molecular formula is C22H32N6O2. The number of fused-ring (bicyclic) bond motifs is 2. The van der Waals surface area contributed by atoms with Crippen molar-refractivity contribution < 1.29 is 9.59 Å². The minimum atomic E-state index is -0.260. The average molecular weight is 413 g/mol. The van der Waals surface area contributed by atoms with Gasteiger partial charge in [0.1, 0.15) is 5.69 Å². The fourth-order valence-electron chi connectivity index (χ4n) is 3.94. The molecule has 1 aromatic heterocycles. The molecule has 0 fully saturated rings. The first kappa shape index (κ1) is 22.0. The molecule has 1 N–H and O–H groups in total. The molecule has 0 bridgehead atoms. The number of para-hydroxylation sites is 2. The molecule has 0 saturated carbocycles. The van der Waals surface area contributed by atoms with Gasteiger partial charge < -0.3 is 10.2 Å². The SMILES string of the molecule is CCN(CC)CCN(CC)CC(=O)N1c2ccccc2NC(=O)c2c1c(C)nn2C. The summed E-state index contributed by atoms with van der Waals surface area (Å²) in [6.45, 7) is 13.0. The Morgan fingerprint density at radius 3 is 2.37 bits per heavy atom. The number of hydrogen-bond acceptors (Lipinski definition) is 5. The van der Waals surface area contributed by atoms with Gasteiger partial charge in [0.25, 0.3) is 5.91 Å². The Bertz CT molecular complexity index is 918. The van der Waals surface area contributed by atoms with E-state index in [1.165, 1.54) is 0 Å². The predicted octanol–water partition coefficient (Wildman–Crippen LogP) is 2.62. The third kappa shape index (κ3) is 4.24. The molecule has 1 aliphatic heterocycles. The molecule has 2 aromatic rings. The van der Waals surface area contributed by atoms with Crippen LogP contribution >= 0.6 is 0 Å². The predicted molar refractivity (Wildman–Crippen MR) is 119 cm³/mol. The Kier molecular flexibility index (Phi) is 6.89. The van der Waals surface area contributed by atoms with Crippen LogP contribution in [0.4, 0.5) is 17.1 Å². The number of likely N-dealkylation sites (N-methyl/N-ethyl adjacent to an activating group) is 2. The molecule has 0 saturated heterocycles. The molecule has 0 radical (unpaired) electrons. The molecule has 2 amide bonds. The largest absolute Gasteiger partial charge is 0.319 e. The van der Waals surface area contributed by atoms with Gasteiger partial charge in [-0.25, -0.2) is 0 Å². The molecule has 1 aliphatic rings. The van der Waals surface area contributed by atoms with Crippen LogP contribution in [0.5, 0.6) is 0 Å². The molecule has 0 spiro atoms. The van der Waals surface area contributed by atoms with Crippen LogP contribution in [0.2, 0.25) is 0 Å². The lowest BCUT2D eigenvalue weighted by atomic mass is 10.2. The lowest BCUT2D eigenvalue weighted by Gasteiger charge is -2.28. The number of benzene rings is 1. The lowest BCUT2D eigenvalue weighted by Crippen LogP contribution is -2.42. The Morgan fingerprint density at radius 1 is 1.07 bits per heavy atom. The summed E-state index contributed by atoms with van der Waals surface area (Å²) in [7, 11) is 1.73. The Hall–Kier alpha value is -2.71. The zero-order valence-corrected chi connectivity index (χ0v) is 18.6. The first-order valence-corrected chi connectivity index (χ1v) is 10.6. The zero-order chi connectivity index (χ0) is 21.8. The van der Waals surface area contributed by atoms with Gasteiger partial charge in [0.2, 0.25) is 5.91 Å². The van der Waals surface area contributed by atoms with Crippen molar-refractivity contribution in [1.29, 1.82) is 0 Å². The number of aryl methyl sites for hydroxylation is 2. The Labute approximate surface area is 178 Å². The Balaban J connectivity index is 1.95. The van der Waals surface area contributed by atoms with Crippen molar-refractivity contribution in [3.05, 3.63) is 35.7 Å². The summed E-state index contributed by atoms with van der Waals surface area (Å²) in [5.74, 6) is -0.331. The van der Waals surface area contributed by atoms with E-state index in [-0.39, 0.29) is 18.4 Å². The average Bonchev–Trinajstić information content (AvgIpc) is 2.94. The maximum Gasteiger partial charge on any atom is 0.276 e. The minimum Gasteiger partial charge on any atom is -0.319 e.